The van der Waals surface area contributed by atoms with Crippen LogP contribution in [0.1, 0.15) is 12.6 Å². The van der Waals surface area contributed by atoms with Crippen molar-refractivity contribution in [3.05, 3.63) is 11.9 Å². The number of aldehydes is 1. The number of aliphatic hydroxyl groups excluding tert-OH is 3. The molecular formula is C16H25N3O9. The van der Waals surface area contributed by atoms with Crippen LogP contribution in [0, 0.1) is 5.92 Å². The number of hydrogen-bond donors (Lipinski definition) is 4. The SMILES string of the molecule is C[C@H](C=O)Cc1cn(CCOCCOC2OC(C(=O)O)C(O)[C@H](O)[C@@H]2O)nn1. The lowest BCUT2D eigenvalue weighted by Crippen LogP contribution is -2.60. The summed E-state index contributed by atoms with van der Waals surface area (Å²) in [4.78, 5) is 21.6. The molecule has 0 radical (unpaired) electrons. The molecule has 6 atom stereocenters. The van der Waals surface area contributed by atoms with E-state index in [1.807, 2.05) is 0 Å². The number of carboxylic acid groups (broad SMARTS) is 1. The minimum Gasteiger partial charge on any atom is -0.479 e. The fourth-order valence-electron chi connectivity index (χ4n) is 2.59. The van der Waals surface area contributed by atoms with Gasteiger partial charge in [0, 0.05) is 18.5 Å². The maximum atomic E-state index is 11.0. The third-order valence-electron chi connectivity index (χ3n) is 4.14. The minimum atomic E-state index is -1.76. The van der Waals surface area contributed by atoms with Gasteiger partial charge in [0.05, 0.1) is 32.1 Å². The molecule has 1 aromatic heterocycles. The molecular weight excluding hydrogens is 378 g/mol. The van der Waals surface area contributed by atoms with Crippen LogP contribution < -0.4 is 0 Å². The van der Waals surface area contributed by atoms with Gasteiger partial charge in [-0.2, -0.15) is 0 Å². The first-order chi connectivity index (χ1) is 13.3. The Hall–Kier alpha value is -1.96. The van der Waals surface area contributed by atoms with Crippen molar-refractivity contribution in [3.63, 3.8) is 0 Å². The number of carboxylic acids is 1. The van der Waals surface area contributed by atoms with Crippen LogP contribution in [-0.4, -0.2) is 98.2 Å². The molecule has 28 heavy (non-hydrogen) atoms. The van der Waals surface area contributed by atoms with E-state index in [1.165, 1.54) is 0 Å². The Balaban J connectivity index is 1.66. The standard InChI is InChI=1S/C16H25N3O9/c1-9(8-20)6-10-7-19(18-17-10)2-3-26-4-5-27-16-13(23)11(21)12(22)14(28-16)15(24)25/h7-9,11-14,16,21-23H,2-6H2,1H3,(H,24,25)/t9-,11-,12?,13-,14?,16?/m0/s1. The third-order valence-corrected chi connectivity index (χ3v) is 4.14. The van der Waals surface area contributed by atoms with Gasteiger partial charge in [-0.05, 0) is 0 Å². The summed E-state index contributed by atoms with van der Waals surface area (Å²) in [5.41, 5.74) is 0.708. The van der Waals surface area contributed by atoms with E-state index in [-0.39, 0.29) is 19.1 Å². The summed E-state index contributed by atoms with van der Waals surface area (Å²) in [6.45, 7) is 2.60. The molecule has 1 aromatic rings. The molecule has 2 rings (SSSR count). The van der Waals surface area contributed by atoms with Gasteiger partial charge in [0.25, 0.3) is 0 Å². The predicted octanol–water partition coefficient (Wildman–Crippen LogP) is -2.42. The summed E-state index contributed by atoms with van der Waals surface area (Å²) in [5, 5.41) is 45.9. The van der Waals surface area contributed by atoms with Gasteiger partial charge in [-0.3, -0.25) is 0 Å². The zero-order valence-electron chi connectivity index (χ0n) is 15.3. The summed E-state index contributed by atoms with van der Waals surface area (Å²) in [7, 11) is 0. The van der Waals surface area contributed by atoms with Crippen LogP contribution in [0.15, 0.2) is 6.20 Å². The zero-order valence-corrected chi connectivity index (χ0v) is 15.3. The van der Waals surface area contributed by atoms with Gasteiger partial charge in [-0.1, -0.05) is 12.1 Å². The lowest BCUT2D eigenvalue weighted by atomic mass is 9.99. The summed E-state index contributed by atoms with van der Waals surface area (Å²) in [6.07, 6.45) is -5.06. The van der Waals surface area contributed by atoms with E-state index in [1.54, 1.807) is 17.8 Å². The number of carbonyl (C=O) groups is 2. The third kappa shape index (κ3) is 6.02. The molecule has 0 aromatic carbocycles. The summed E-state index contributed by atoms with van der Waals surface area (Å²) < 4.78 is 17.1. The van der Waals surface area contributed by atoms with Crippen molar-refractivity contribution in [2.24, 2.45) is 5.92 Å². The van der Waals surface area contributed by atoms with Crippen molar-refractivity contribution in [3.8, 4) is 0 Å². The van der Waals surface area contributed by atoms with Crippen LogP contribution in [0.25, 0.3) is 0 Å². The van der Waals surface area contributed by atoms with E-state index in [4.69, 9.17) is 19.3 Å². The van der Waals surface area contributed by atoms with E-state index in [0.717, 1.165) is 6.29 Å². The van der Waals surface area contributed by atoms with E-state index in [9.17, 15) is 24.9 Å². The molecule has 0 aliphatic carbocycles. The Morgan fingerprint density at radius 2 is 2.04 bits per heavy atom. The fraction of sp³-hybridized carbons (Fsp3) is 0.750. The highest BCUT2D eigenvalue weighted by Crippen LogP contribution is 2.22. The van der Waals surface area contributed by atoms with Crippen LogP contribution >= 0.6 is 0 Å². The smallest absolute Gasteiger partial charge is 0.335 e. The van der Waals surface area contributed by atoms with Crippen molar-refractivity contribution in [1.82, 2.24) is 15.0 Å². The molecule has 1 aliphatic rings. The number of aliphatic carboxylic acids is 1. The van der Waals surface area contributed by atoms with E-state index in [0.29, 0.717) is 25.3 Å². The number of nitrogens with zero attached hydrogens (tertiary/aromatic N) is 3. The monoisotopic (exact) mass is 403 g/mol. The molecule has 0 amide bonds. The summed E-state index contributed by atoms with van der Waals surface area (Å²) in [5.74, 6) is -1.60. The molecule has 0 bridgehead atoms. The number of ether oxygens (including phenoxy) is 3. The number of aromatic nitrogens is 3. The Kier molecular flexibility index (Phi) is 8.41. The second-order valence-electron chi connectivity index (χ2n) is 6.51. The minimum absolute atomic E-state index is 0.0314. The van der Waals surface area contributed by atoms with Crippen LogP contribution in [0.4, 0.5) is 0 Å². The van der Waals surface area contributed by atoms with E-state index < -0.39 is 36.7 Å². The van der Waals surface area contributed by atoms with Gasteiger partial charge >= 0.3 is 5.97 Å². The number of hydrogen-bond acceptors (Lipinski definition) is 10. The molecule has 12 heteroatoms. The van der Waals surface area contributed by atoms with Crippen LogP contribution in [0.5, 0.6) is 0 Å². The first-order valence-corrected chi connectivity index (χ1v) is 8.79. The fourth-order valence-corrected chi connectivity index (χ4v) is 2.59. The highest BCUT2D eigenvalue weighted by molar-refractivity contribution is 5.73. The van der Waals surface area contributed by atoms with Crippen LogP contribution in [0.3, 0.4) is 0 Å². The van der Waals surface area contributed by atoms with Gasteiger partial charge in [0.2, 0.25) is 0 Å². The van der Waals surface area contributed by atoms with Crippen molar-refractivity contribution in [2.45, 2.75) is 50.6 Å². The van der Waals surface area contributed by atoms with E-state index >= 15 is 0 Å². The van der Waals surface area contributed by atoms with Gasteiger partial charge in [0.15, 0.2) is 12.4 Å². The average Bonchev–Trinajstić information content (AvgIpc) is 3.10. The molecule has 12 nitrogen and oxygen atoms in total. The average molecular weight is 403 g/mol. The molecule has 3 unspecified atom stereocenters. The number of carbonyl (C=O) groups excluding carboxylic acids is 1. The van der Waals surface area contributed by atoms with Gasteiger partial charge in [-0.25, -0.2) is 9.48 Å². The summed E-state index contributed by atoms with van der Waals surface area (Å²) >= 11 is 0. The quantitative estimate of drug-likeness (QED) is 0.229. The Bertz CT molecular complexity index is 641. The molecule has 0 spiro atoms. The second-order valence-corrected chi connectivity index (χ2v) is 6.51. The molecule has 158 valence electrons. The highest BCUT2D eigenvalue weighted by atomic mass is 16.7. The Morgan fingerprint density at radius 1 is 1.29 bits per heavy atom. The van der Waals surface area contributed by atoms with Gasteiger partial charge in [0.1, 0.15) is 24.6 Å². The molecule has 0 saturated carbocycles. The van der Waals surface area contributed by atoms with Crippen molar-refractivity contribution < 1.29 is 44.2 Å². The zero-order chi connectivity index (χ0) is 20.7. The molecule has 1 saturated heterocycles. The van der Waals surface area contributed by atoms with Gasteiger partial charge in [-0.15, -0.1) is 5.10 Å². The predicted molar refractivity (Wildman–Crippen MR) is 90.0 cm³/mol. The summed E-state index contributed by atoms with van der Waals surface area (Å²) in [6, 6.07) is 0. The molecule has 1 fully saturated rings. The maximum absolute atomic E-state index is 11.0. The van der Waals surface area contributed by atoms with Crippen LogP contribution in [0.2, 0.25) is 0 Å². The highest BCUT2D eigenvalue weighted by Gasteiger charge is 2.47. The lowest BCUT2D eigenvalue weighted by Gasteiger charge is -2.38. The second kappa shape index (κ2) is 10.5. The van der Waals surface area contributed by atoms with Crippen LogP contribution in [-0.2, 0) is 36.8 Å². The first kappa shape index (κ1) is 22.3. The van der Waals surface area contributed by atoms with Crippen molar-refractivity contribution in [2.75, 3.05) is 19.8 Å². The molecule has 2 heterocycles. The van der Waals surface area contributed by atoms with Crippen molar-refractivity contribution in [1.29, 1.82) is 0 Å². The number of rotatable bonds is 11. The largest absolute Gasteiger partial charge is 0.479 e. The molecule has 4 N–H and O–H groups in total. The van der Waals surface area contributed by atoms with Gasteiger partial charge < -0.3 is 39.4 Å². The van der Waals surface area contributed by atoms with Crippen molar-refractivity contribution >= 4 is 12.3 Å². The molecule has 1 aliphatic heterocycles. The number of aliphatic hydroxyl groups is 3. The first-order valence-electron chi connectivity index (χ1n) is 8.79. The normalized spacial score (nSPS) is 28.8. The van der Waals surface area contributed by atoms with E-state index in [2.05, 4.69) is 10.3 Å². The lowest BCUT2D eigenvalue weighted by molar-refractivity contribution is -0.295. The Morgan fingerprint density at radius 3 is 2.71 bits per heavy atom. The maximum Gasteiger partial charge on any atom is 0.335 e. The topological polar surface area (TPSA) is 173 Å². The Labute approximate surface area is 160 Å².